The molecule has 0 atom stereocenters. The maximum atomic E-state index is 11.7. The van der Waals surface area contributed by atoms with Crippen LogP contribution in [-0.2, 0) is 20.1 Å². The number of nitrogens with one attached hydrogen (secondary N) is 1. The fourth-order valence-corrected chi connectivity index (χ4v) is 2.61. The van der Waals surface area contributed by atoms with Crippen LogP contribution < -0.4 is 10.7 Å². The molecule has 2 heterocycles. The minimum atomic E-state index is -0.374. The largest absolute Gasteiger partial charge is 0.503 e. The van der Waals surface area contributed by atoms with E-state index in [1.54, 1.807) is 21.4 Å². The average Bonchev–Trinajstić information content (AvgIpc) is 3.06. The highest BCUT2D eigenvalue weighted by atomic mass is 35.5. The van der Waals surface area contributed by atoms with E-state index in [0.717, 1.165) is 17.1 Å². The first-order valence-corrected chi connectivity index (χ1v) is 8.10. The van der Waals surface area contributed by atoms with Crippen LogP contribution in [-0.4, -0.2) is 24.7 Å². The van der Waals surface area contributed by atoms with Crippen LogP contribution in [0.1, 0.15) is 17.1 Å². The molecule has 0 spiro atoms. The van der Waals surface area contributed by atoms with Crippen molar-refractivity contribution in [2.24, 2.45) is 7.05 Å². The molecule has 3 rings (SSSR count). The number of hydrogen-bond acceptors (Lipinski definition) is 5. The van der Waals surface area contributed by atoms with Crippen molar-refractivity contribution in [3.05, 3.63) is 68.9 Å². The van der Waals surface area contributed by atoms with Gasteiger partial charge in [0.1, 0.15) is 0 Å². The molecule has 0 aliphatic carbocycles. The quantitative estimate of drug-likeness (QED) is 0.727. The molecular formula is C17H18ClN5O2. The van der Waals surface area contributed by atoms with Crippen molar-refractivity contribution in [1.29, 1.82) is 0 Å². The molecule has 0 aliphatic heterocycles. The van der Waals surface area contributed by atoms with E-state index in [1.807, 2.05) is 32.3 Å². The first kappa shape index (κ1) is 17.2. The van der Waals surface area contributed by atoms with Crippen LogP contribution in [0.2, 0.25) is 5.02 Å². The molecule has 0 saturated heterocycles. The molecule has 2 aromatic heterocycles. The van der Waals surface area contributed by atoms with Crippen LogP contribution in [0.3, 0.4) is 0 Å². The molecule has 0 bridgehead atoms. The van der Waals surface area contributed by atoms with Crippen molar-refractivity contribution in [3.63, 3.8) is 0 Å². The summed E-state index contributed by atoms with van der Waals surface area (Å²) in [6.45, 7) is 2.62. The maximum Gasteiger partial charge on any atom is 0.223 e. The first-order valence-electron chi connectivity index (χ1n) is 7.72. The van der Waals surface area contributed by atoms with Gasteiger partial charge in [-0.25, -0.2) is 4.68 Å². The van der Waals surface area contributed by atoms with Crippen molar-refractivity contribution >= 4 is 11.6 Å². The van der Waals surface area contributed by atoms with Gasteiger partial charge in [-0.2, -0.15) is 0 Å². The van der Waals surface area contributed by atoms with Crippen LogP contribution in [0.15, 0.2) is 41.3 Å². The third-order valence-electron chi connectivity index (χ3n) is 4.01. The highest BCUT2D eigenvalue weighted by Gasteiger charge is 2.11. The van der Waals surface area contributed by atoms with Crippen LogP contribution in [0.4, 0.5) is 0 Å². The molecular weight excluding hydrogens is 342 g/mol. The van der Waals surface area contributed by atoms with E-state index in [1.165, 1.54) is 6.07 Å². The number of pyridine rings is 1. The molecule has 25 heavy (non-hydrogen) atoms. The molecule has 8 heteroatoms. The van der Waals surface area contributed by atoms with Crippen molar-refractivity contribution in [2.75, 3.05) is 0 Å². The SMILES string of the molecule is Cc1cc(=O)c(O)c(CNCc2cn(-c3ccc(Cl)cc3)nn2)n1C. The lowest BCUT2D eigenvalue weighted by Gasteiger charge is -2.13. The Bertz CT molecular complexity index is 947. The van der Waals surface area contributed by atoms with Gasteiger partial charge in [0, 0.05) is 36.9 Å². The fourth-order valence-electron chi connectivity index (χ4n) is 2.48. The number of aryl methyl sites for hydroxylation is 1. The smallest absolute Gasteiger partial charge is 0.223 e. The van der Waals surface area contributed by atoms with Gasteiger partial charge >= 0.3 is 0 Å². The van der Waals surface area contributed by atoms with Crippen LogP contribution in [0.5, 0.6) is 5.75 Å². The Kier molecular flexibility index (Phi) is 4.87. The van der Waals surface area contributed by atoms with Crippen LogP contribution >= 0.6 is 11.6 Å². The molecule has 0 aliphatic rings. The number of aromatic hydroxyl groups is 1. The molecule has 7 nitrogen and oxygen atoms in total. The van der Waals surface area contributed by atoms with Crippen molar-refractivity contribution < 1.29 is 5.11 Å². The van der Waals surface area contributed by atoms with Gasteiger partial charge < -0.3 is 15.0 Å². The molecule has 0 unspecified atom stereocenters. The van der Waals surface area contributed by atoms with E-state index < -0.39 is 0 Å². The topological polar surface area (TPSA) is 85.0 Å². The van der Waals surface area contributed by atoms with Crippen molar-refractivity contribution in [1.82, 2.24) is 24.9 Å². The zero-order chi connectivity index (χ0) is 18.0. The monoisotopic (exact) mass is 359 g/mol. The number of hydrogen-bond donors (Lipinski definition) is 2. The Balaban J connectivity index is 1.68. The minimum Gasteiger partial charge on any atom is -0.503 e. The third kappa shape index (κ3) is 3.72. The molecule has 0 radical (unpaired) electrons. The number of rotatable bonds is 5. The fraction of sp³-hybridized carbons (Fsp3) is 0.235. The predicted octanol–water partition coefficient (Wildman–Crippen LogP) is 1.92. The number of benzene rings is 1. The third-order valence-corrected chi connectivity index (χ3v) is 4.26. The zero-order valence-corrected chi connectivity index (χ0v) is 14.7. The second kappa shape index (κ2) is 7.08. The molecule has 0 amide bonds. The van der Waals surface area contributed by atoms with Gasteiger partial charge in [0.15, 0.2) is 5.75 Å². The van der Waals surface area contributed by atoms with Gasteiger partial charge in [0.2, 0.25) is 5.43 Å². The Morgan fingerprint density at radius 1 is 1.24 bits per heavy atom. The Morgan fingerprint density at radius 2 is 1.96 bits per heavy atom. The van der Waals surface area contributed by atoms with E-state index >= 15 is 0 Å². The summed E-state index contributed by atoms with van der Waals surface area (Å²) in [6.07, 6.45) is 1.81. The average molecular weight is 360 g/mol. The molecule has 3 aromatic rings. The zero-order valence-electron chi connectivity index (χ0n) is 13.9. The summed E-state index contributed by atoms with van der Waals surface area (Å²) in [4.78, 5) is 11.7. The van der Waals surface area contributed by atoms with E-state index in [9.17, 15) is 9.90 Å². The van der Waals surface area contributed by atoms with Gasteiger partial charge in [-0.1, -0.05) is 16.8 Å². The Morgan fingerprint density at radius 3 is 2.68 bits per heavy atom. The number of aromatic nitrogens is 4. The summed E-state index contributed by atoms with van der Waals surface area (Å²) in [5, 5.41) is 22.0. The number of nitrogens with zero attached hydrogens (tertiary/aromatic N) is 4. The Labute approximate surface area is 149 Å². The van der Waals surface area contributed by atoms with Crippen LogP contribution in [0, 0.1) is 6.92 Å². The summed E-state index contributed by atoms with van der Waals surface area (Å²) in [7, 11) is 1.81. The van der Waals surface area contributed by atoms with E-state index in [4.69, 9.17) is 11.6 Å². The van der Waals surface area contributed by atoms with Crippen LogP contribution in [0.25, 0.3) is 5.69 Å². The second-order valence-corrected chi connectivity index (χ2v) is 6.18. The van der Waals surface area contributed by atoms with Gasteiger partial charge in [-0.15, -0.1) is 5.10 Å². The van der Waals surface area contributed by atoms with E-state index in [0.29, 0.717) is 23.8 Å². The van der Waals surface area contributed by atoms with Gasteiger partial charge in [-0.05, 0) is 31.2 Å². The molecule has 130 valence electrons. The normalized spacial score (nSPS) is 11.0. The van der Waals surface area contributed by atoms with E-state index in [2.05, 4.69) is 15.6 Å². The Hall–Kier alpha value is -2.64. The lowest BCUT2D eigenvalue weighted by Crippen LogP contribution is -2.20. The molecule has 0 saturated carbocycles. The second-order valence-electron chi connectivity index (χ2n) is 5.74. The van der Waals surface area contributed by atoms with Crippen molar-refractivity contribution in [3.8, 4) is 11.4 Å². The minimum absolute atomic E-state index is 0.231. The first-order chi connectivity index (χ1) is 12.0. The van der Waals surface area contributed by atoms with Gasteiger partial charge in [0.05, 0.1) is 23.3 Å². The van der Waals surface area contributed by atoms with E-state index in [-0.39, 0.29) is 11.2 Å². The predicted molar refractivity (Wildman–Crippen MR) is 95.0 cm³/mol. The summed E-state index contributed by atoms with van der Waals surface area (Å²) >= 11 is 5.88. The van der Waals surface area contributed by atoms with Gasteiger partial charge in [-0.3, -0.25) is 4.79 Å². The maximum absolute atomic E-state index is 11.7. The summed E-state index contributed by atoms with van der Waals surface area (Å²) in [6, 6.07) is 8.70. The lowest BCUT2D eigenvalue weighted by atomic mass is 10.2. The lowest BCUT2D eigenvalue weighted by molar-refractivity contribution is 0.445. The molecule has 2 N–H and O–H groups in total. The standard InChI is InChI=1S/C17H18ClN5O2/c1-11-7-16(24)17(25)15(22(11)2)9-19-8-13-10-23(21-20-13)14-5-3-12(18)4-6-14/h3-7,10,19,25H,8-9H2,1-2H3. The van der Waals surface area contributed by atoms with Crippen molar-refractivity contribution in [2.45, 2.75) is 20.0 Å². The number of halogens is 1. The molecule has 0 fully saturated rings. The highest BCUT2D eigenvalue weighted by Crippen LogP contribution is 2.14. The molecule has 1 aromatic carbocycles. The van der Waals surface area contributed by atoms with Gasteiger partial charge in [0.25, 0.3) is 0 Å². The summed E-state index contributed by atoms with van der Waals surface area (Å²) in [5.41, 5.74) is 2.55. The highest BCUT2D eigenvalue weighted by molar-refractivity contribution is 6.30. The summed E-state index contributed by atoms with van der Waals surface area (Å²) < 4.78 is 3.45. The summed E-state index contributed by atoms with van der Waals surface area (Å²) in [5.74, 6) is -0.231.